The van der Waals surface area contributed by atoms with E-state index < -0.39 is 0 Å². The second-order valence-corrected chi connectivity index (χ2v) is 5.07. The highest BCUT2D eigenvalue weighted by Gasteiger charge is 2.02. The summed E-state index contributed by atoms with van der Waals surface area (Å²) in [5.41, 5.74) is 1.10. The molecule has 0 spiro atoms. The third-order valence-electron chi connectivity index (χ3n) is 2.81. The van der Waals surface area contributed by atoms with E-state index in [1.807, 2.05) is 20.0 Å². The van der Waals surface area contributed by atoms with Gasteiger partial charge in [0.25, 0.3) is 0 Å². The number of aryl methyl sites for hydroxylation is 1. The number of hydrogen-bond acceptors (Lipinski definition) is 4. The molecule has 1 aromatic heterocycles. The molecule has 102 valence electrons. The van der Waals surface area contributed by atoms with Crippen molar-refractivity contribution in [3.8, 4) is 0 Å². The van der Waals surface area contributed by atoms with Crippen molar-refractivity contribution in [1.82, 2.24) is 9.97 Å². The minimum atomic E-state index is 0.702. The molecule has 0 saturated carbocycles. The molecule has 18 heavy (non-hydrogen) atoms. The fourth-order valence-corrected chi connectivity index (χ4v) is 1.75. The average molecular weight is 250 g/mol. The molecule has 0 saturated heterocycles. The fraction of sp³-hybridized carbons (Fsp3) is 0.714. The van der Waals surface area contributed by atoms with Crippen LogP contribution in [0.2, 0.25) is 0 Å². The second kappa shape index (κ2) is 7.90. The fourth-order valence-electron chi connectivity index (χ4n) is 1.75. The van der Waals surface area contributed by atoms with Crippen LogP contribution in [0.3, 0.4) is 0 Å². The Bertz CT molecular complexity index is 350. The summed E-state index contributed by atoms with van der Waals surface area (Å²) in [5.74, 6) is 2.45. The van der Waals surface area contributed by atoms with Crippen LogP contribution in [0.4, 0.5) is 11.8 Å². The van der Waals surface area contributed by atoms with Gasteiger partial charge < -0.3 is 10.6 Å². The van der Waals surface area contributed by atoms with Crippen molar-refractivity contribution in [1.29, 1.82) is 0 Å². The van der Waals surface area contributed by atoms with E-state index in [9.17, 15) is 0 Å². The van der Waals surface area contributed by atoms with E-state index in [1.165, 1.54) is 19.3 Å². The highest BCUT2D eigenvalue weighted by molar-refractivity contribution is 5.46. The van der Waals surface area contributed by atoms with Crippen LogP contribution in [0, 0.1) is 12.8 Å². The van der Waals surface area contributed by atoms with Gasteiger partial charge in [-0.2, -0.15) is 4.98 Å². The number of anilines is 2. The maximum absolute atomic E-state index is 4.46. The number of unbranched alkanes of at least 4 members (excludes halogenated alkanes) is 1. The Labute approximate surface area is 111 Å². The Balaban J connectivity index is 2.38. The predicted molar refractivity (Wildman–Crippen MR) is 78.1 cm³/mol. The summed E-state index contributed by atoms with van der Waals surface area (Å²) >= 11 is 0. The number of hydrogen-bond donors (Lipinski definition) is 2. The second-order valence-electron chi connectivity index (χ2n) is 5.07. The molecule has 0 aliphatic rings. The minimum Gasteiger partial charge on any atom is -0.370 e. The molecule has 4 nitrogen and oxygen atoms in total. The van der Waals surface area contributed by atoms with Crippen molar-refractivity contribution in [2.24, 2.45) is 5.92 Å². The third kappa shape index (κ3) is 5.34. The van der Waals surface area contributed by atoms with Crippen LogP contribution in [0.15, 0.2) is 6.20 Å². The zero-order chi connectivity index (χ0) is 13.4. The molecule has 0 aliphatic carbocycles. The van der Waals surface area contributed by atoms with Crippen LogP contribution in [-0.4, -0.2) is 23.1 Å². The zero-order valence-corrected chi connectivity index (χ0v) is 12.1. The Morgan fingerprint density at radius 1 is 1.22 bits per heavy atom. The predicted octanol–water partition coefficient (Wildman–Crippen LogP) is 3.46. The van der Waals surface area contributed by atoms with E-state index in [4.69, 9.17) is 0 Å². The molecule has 0 aliphatic heterocycles. The van der Waals surface area contributed by atoms with Gasteiger partial charge in [-0.25, -0.2) is 4.98 Å². The first-order valence-electron chi connectivity index (χ1n) is 6.94. The Hall–Kier alpha value is -1.32. The van der Waals surface area contributed by atoms with Gasteiger partial charge in [0.2, 0.25) is 5.95 Å². The largest absolute Gasteiger partial charge is 0.370 e. The van der Waals surface area contributed by atoms with Crippen LogP contribution in [-0.2, 0) is 0 Å². The van der Waals surface area contributed by atoms with Crippen molar-refractivity contribution >= 4 is 11.8 Å². The maximum atomic E-state index is 4.46. The van der Waals surface area contributed by atoms with Crippen molar-refractivity contribution in [2.75, 3.05) is 23.7 Å². The van der Waals surface area contributed by atoms with Crippen molar-refractivity contribution in [2.45, 2.75) is 47.0 Å². The summed E-state index contributed by atoms with van der Waals surface area (Å²) in [4.78, 5) is 8.70. The van der Waals surface area contributed by atoms with E-state index in [0.29, 0.717) is 5.95 Å². The summed E-state index contributed by atoms with van der Waals surface area (Å²) in [5, 5.41) is 6.52. The molecule has 0 fully saturated rings. The normalized spacial score (nSPS) is 10.7. The van der Waals surface area contributed by atoms with Crippen LogP contribution < -0.4 is 10.6 Å². The lowest BCUT2D eigenvalue weighted by atomic mass is 10.1. The van der Waals surface area contributed by atoms with Gasteiger partial charge in [0, 0.05) is 24.8 Å². The Morgan fingerprint density at radius 3 is 2.67 bits per heavy atom. The Morgan fingerprint density at radius 2 is 2.00 bits per heavy atom. The van der Waals surface area contributed by atoms with Gasteiger partial charge in [0.15, 0.2) is 0 Å². The molecular weight excluding hydrogens is 224 g/mol. The van der Waals surface area contributed by atoms with Gasteiger partial charge in [0.1, 0.15) is 5.82 Å². The van der Waals surface area contributed by atoms with Crippen molar-refractivity contribution in [3.05, 3.63) is 11.8 Å². The van der Waals surface area contributed by atoms with Gasteiger partial charge >= 0.3 is 0 Å². The molecule has 4 heteroatoms. The van der Waals surface area contributed by atoms with Gasteiger partial charge in [-0.1, -0.05) is 26.7 Å². The molecule has 0 bridgehead atoms. The molecule has 0 atom stereocenters. The molecular formula is C14H26N4. The molecule has 1 heterocycles. The monoisotopic (exact) mass is 250 g/mol. The first-order chi connectivity index (χ1) is 8.63. The quantitative estimate of drug-likeness (QED) is 0.694. The smallest absolute Gasteiger partial charge is 0.224 e. The Kier molecular flexibility index (Phi) is 6.47. The van der Waals surface area contributed by atoms with Crippen molar-refractivity contribution < 1.29 is 0 Å². The summed E-state index contributed by atoms with van der Waals surface area (Å²) in [7, 11) is 0. The number of nitrogens with zero attached hydrogens (tertiary/aromatic N) is 2. The lowest BCUT2D eigenvalue weighted by Crippen LogP contribution is -2.09. The van der Waals surface area contributed by atoms with Crippen LogP contribution in [0.1, 0.15) is 45.6 Å². The van der Waals surface area contributed by atoms with Gasteiger partial charge in [0.05, 0.1) is 0 Å². The van der Waals surface area contributed by atoms with Crippen LogP contribution in [0.25, 0.3) is 0 Å². The zero-order valence-electron chi connectivity index (χ0n) is 12.1. The first-order valence-corrected chi connectivity index (χ1v) is 6.94. The summed E-state index contributed by atoms with van der Waals surface area (Å²) < 4.78 is 0. The van der Waals surface area contributed by atoms with E-state index >= 15 is 0 Å². The lowest BCUT2D eigenvalue weighted by Gasteiger charge is -2.10. The third-order valence-corrected chi connectivity index (χ3v) is 2.81. The first kappa shape index (κ1) is 14.7. The molecule has 1 aromatic rings. The topological polar surface area (TPSA) is 49.8 Å². The number of aromatic nitrogens is 2. The molecule has 0 aromatic carbocycles. The standard InChI is InChI=1S/C14H26N4/c1-5-15-14-17-10-12(4)13(18-14)16-9-7-6-8-11(2)3/h10-11H,5-9H2,1-4H3,(H2,15,16,17,18). The highest BCUT2D eigenvalue weighted by Crippen LogP contribution is 2.13. The molecule has 1 rings (SSSR count). The maximum Gasteiger partial charge on any atom is 0.224 e. The average Bonchev–Trinajstić information content (AvgIpc) is 2.32. The summed E-state index contributed by atoms with van der Waals surface area (Å²) in [6.07, 6.45) is 5.63. The number of nitrogens with one attached hydrogen (secondary N) is 2. The van der Waals surface area contributed by atoms with Crippen LogP contribution in [0.5, 0.6) is 0 Å². The minimum absolute atomic E-state index is 0.702. The van der Waals surface area contributed by atoms with Crippen molar-refractivity contribution in [3.63, 3.8) is 0 Å². The van der Waals surface area contributed by atoms with Gasteiger partial charge in [-0.3, -0.25) is 0 Å². The van der Waals surface area contributed by atoms with Gasteiger partial charge in [-0.05, 0) is 26.2 Å². The molecule has 0 amide bonds. The molecule has 2 N–H and O–H groups in total. The number of rotatable bonds is 8. The SMILES string of the molecule is CCNc1ncc(C)c(NCCCCC(C)C)n1. The lowest BCUT2D eigenvalue weighted by molar-refractivity contribution is 0.544. The van der Waals surface area contributed by atoms with E-state index in [-0.39, 0.29) is 0 Å². The van der Waals surface area contributed by atoms with E-state index in [0.717, 1.165) is 30.4 Å². The van der Waals surface area contributed by atoms with E-state index in [2.05, 4.69) is 34.4 Å². The molecule has 0 radical (unpaired) electrons. The van der Waals surface area contributed by atoms with Gasteiger partial charge in [-0.15, -0.1) is 0 Å². The highest BCUT2D eigenvalue weighted by atomic mass is 15.1. The molecule has 0 unspecified atom stereocenters. The summed E-state index contributed by atoms with van der Waals surface area (Å²) in [6, 6.07) is 0. The van der Waals surface area contributed by atoms with Crippen LogP contribution >= 0.6 is 0 Å². The summed E-state index contributed by atoms with van der Waals surface area (Å²) in [6.45, 7) is 10.4. The van der Waals surface area contributed by atoms with E-state index in [1.54, 1.807) is 0 Å².